The van der Waals surface area contributed by atoms with Crippen molar-refractivity contribution >= 4 is 12.8 Å². The maximum atomic E-state index is 15.7. The van der Waals surface area contributed by atoms with Crippen molar-refractivity contribution in [2.24, 2.45) is 0 Å². The third-order valence-corrected chi connectivity index (χ3v) is 18.1. The van der Waals surface area contributed by atoms with Gasteiger partial charge in [-0.05, 0) is 0 Å². The van der Waals surface area contributed by atoms with Crippen LogP contribution < -0.4 is 0 Å². The first kappa shape index (κ1) is 59.7. The zero-order chi connectivity index (χ0) is 47.5. The van der Waals surface area contributed by atoms with Gasteiger partial charge in [-0.2, -0.15) is 0 Å². The molecule has 0 aromatic rings. The number of halogens is 17. The normalized spacial score (nSPS) is 14.9. The number of alkyl halides is 17. The van der Waals surface area contributed by atoms with E-state index in [0.717, 1.165) is 57.8 Å². The van der Waals surface area contributed by atoms with Gasteiger partial charge in [0.15, 0.2) is 0 Å². The van der Waals surface area contributed by atoms with Crippen LogP contribution in [0, 0.1) is 0 Å². The first-order valence-electron chi connectivity index (χ1n) is 21.9. The monoisotopic (exact) mass is 946 g/mol. The van der Waals surface area contributed by atoms with Crippen molar-refractivity contribution in [3.05, 3.63) is 0 Å². The van der Waals surface area contributed by atoms with Crippen molar-refractivity contribution in [2.75, 3.05) is 24.6 Å². The molecule has 0 saturated heterocycles. The summed E-state index contributed by atoms with van der Waals surface area (Å²) >= 11 is 0. The van der Waals surface area contributed by atoms with E-state index in [1.807, 2.05) is 20.8 Å². The number of unbranched alkanes of at least 4 members (excludes halogenated alkanes) is 20. The molecule has 0 unspecified atom stereocenters. The second-order valence-electron chi connectivity index (χ2n) is 16.7. The molecule has 0 aliphatic rings. The standard InChI is InChI=1S/C41H68F17O2P/c1-5-9-13-17-18-19-20-21-22-23-24-28-32-61(29-25-14-10-6-2,30-26-15-11-7-3,31-27-16-12-8-4)60-33(59)34(42,43)35(44,45)36(46,47)37(48,49)38(50,51)39(52,53)40(54,55)41(56,57)58/h5-32H2,1-4H3. The number of hydrogen-bond donors (Lipinski definition) is 0. The summed E-state index contributed by atoms with van der Waals surface area (Å²) in [5.41, 5.74) is 0. The third kappa shape index (κ3) is 14.6. The summed E-state index contributed by atoms with van der Waals surface area (Å²) in [5.74, 6) is -61.8. The van der Waals surface area contributed by atoms with Gasteiger partial charge in [0.1, 0.15) is 0 Å². The predicted octanol–water partition coefficient (Wildman–Crippen LogP) is 17.4. The van der Waals surface area contributed by atoms with Crippen LogP contribution in [0.4, 0.5) is 74.6 Å². The third-order valence-electron chi connectivity index (χ3n) is 11.6. The number of carbonyl (C=O) groups is 1. The fourth-order valence-corrected chi connectivity index (χ4v) is 14.0. The number of hydrogen-bond acceptors (Lipinski definition) is 2. The van der Waals surface area contributed by atoms with Gasteiger partial charge in [-0.3, -0.25) is 0 Å². The topological polar surface area (TPSA) is 26.3 Å². The Morgan fingerprint density at radius 2 is 0.541 bits per heavy atom. The van der Waals surface area contributed by atoms with Crippen molar-refractivity contribution in [1.82, 2.24) is 0 Å². The van der Waals surface area contributed by atoms with Crippen LogP contribution in [0.25, 0.3) is 0 Å². The molecule has 61 heavy (non-hydrogen) atoms. The summed E-state index contributed by atoms with van der Waals surface area (Å²) < 4.78 is 247. The fraction of sp³-hybridized carbons (Fsp3) is 0.976. The Bertz CT molecular complexity index is 1210. The molecule has 0 aromatic heterocycles. The van der Waals surface area contributed by atoms with Crippen molar-refractivity contribution in [3.8, 4) is 0 Å². The van der Waals surface area contributed by atoms with Crippen LogP contribution in [-0.4, -0.2) is 78.3 Å². The van der Waals surface area contributed by atoms with Crippen molar-refractivity contribution < 1.29 is 84.0 Å². The average Bonchev–Trinajstić information content (AvgIpc) is 3.16. The number of rotatable bonds is 36. The summed E-state index contributed by atoms with van der Waals surface area (Å²) in [5, 5.41) is 0. The molecule has 0 amide bonds. The molecule has 0 aromatic carbocycles. The maximum absolute atomic E-state index is 15.7. The van der Waals surface area contributed by atoms with Gasteiger partial charge < -0.3 is 0 Å². The SMILES string of the molecule is CCCCCCCCCCCCCCP(CCCCCC)(CCCCCC)(CCCCCC)OC(=O)C(F)(F)C(F)(F)C(F)(F)C(F)(F)C(F)(F)C(F)(F)C(F)(F)C(F)(F)F. The Balaban J connectivity index is 7.17. The second-order valence-corrected chi connectivity index (χ2v) is 22.4. The van der Waals surface area contributed by atoms with Crippen LogP contribution in [0.15, 0.2) is 0 Å². The van der Waals surface area contributed by atoms with Crippen LogP contribution in [0.1, 0.15) is 182 Å². The van der Waals surface area contributed by atoms with Gasteiger partial charge in [0.05, 0.1) is 0 Å². The molecule has 0 N–H and O–H groups in total. The minimum absolute atomic E-state index is 0.163. The van der Waals surface area contributed by atoms with E-state index in [1.54, 1.807) is 0 Å². The van der Waals surface area contributed by atoms with Gasteiger partial charge in [-0.15, -0.1) is 0 Å². The van der Waals surface area contributed by atoms with Crippen molar-refractivity contribution in [3.63, 3.8) is 0 Å². The van der Waals surface area contributed by atoms with Gasteiger partial charge in [-0.1, -0.05) is 13.3 Å². The summed E-state index contributed by atoms with van der Waals surface area (Å²) in [4.78, 5) is 13.4. The molecule has 0 aliphatic heterocycles. The molecule has 0 fully saturated rings. The second kappa shape index (κ2) is 24.8. The Labute approximate surface area is 350 Å². The summed E-state index contributed by atoms with van der Waals surface area (Å²) in [6.07, 6.45) is 7.35. The Morgan fingerprint density at radius 3 is 0.803 bits per heavy atom. The predicted molar refractivity (Wildman–Crippen MR) is 207 cm³/mol. The first-order chi connectivity index (χ1) is 27.9. The Hall–Kier alpha value is -1.29. The van der Waals surface area contributed by atoms with Crippen LogP contribution in [0.3, 0.4) is 0 Å². The molecule has 20 heteroatoms. The fourth-order valence-electron chi connectivity index (χ4n) is 7.61. The molecule has 0 aliphatic carbocycles. The number of carbonyl (C=O) groups excluding carboxylic acids is 1. The molecule has 368 valence electrons. The molecule has 0 saturated carbocycles. The molecule has 0 rings (SSSR count). The molecular weight excluding hydrogens is 878 g/mol. The summed E-state index contributed by atoms with van der Waals surface area (Å²) in [7, 11) is 0. The van der Waals surface area contributed by atoms with Gasteiger partial charge in [0.25, 0.3) is 0 Å². The zero-order valence-corrected chi connectivity index (χ0v) is 36.9. The Morgan fingerprint density at radius 1 is 0.328 bits per heavy atom. The molecule has 0 heterocycles. The first-order valence-corrected chi connectivity index (χ1v) is 24.8. The van der Waals surface area contributed by atoms with Crippen LogP contribution in [-0.2, 0) is 9.32 Å². The van der Waals surface area contributed by atoms with Gasteiger partial charge >= 0.3 is 337 Å². The van der Waals surface area contributed by atoms with E-state index < -0.39 is 60.4 Å². The van der Waals surface area contributed by atoms with E-state index in [-0.39, 0.29) is 50.3 Å². The van der Waals surface area contributed by atoms with E-state index >= 15 is 17.6 Å². The average molecular weight is 947 g/mol. The van der Waals surface area contributed by atoms with E-state index in [2.05, 4.69) is 6.92 Å². The van der Waals surface area contributed by atoms with E-state index in [4.69, 9.17) is 4.52 Å². The Kier molecular flexibility index (Phi) is 24.3. The molecular formula is C41H68F17O2P. The van der Waals surface area contributed by atoms with Crippen molar-refractivity contribution in [1.29, 1.82) is 0 Å². The van der Waals surface area contributed by atoms with E-state index in [0.29, 0.717) is 70.6 Å². The zero-order valence-electron chi connectivity index (χ0n) is 36.0. The van der Waals surface area contributed by atoms with E-state index in [9.17, 15) is 61.9 Å². The van der Waals surface area contributed by atoms with E-state index in [1.165, 1.54) is 0 Å². The summed E-state index contributed by atoms with van der Waals surface area (Å²) in [6, 6.07) is 0. The van der Waals surface area contributed by atoms with Crippen LogP contribution in [0.2, 0.25) is 0 Å². The van der Waals surface area contributed by atoms with Gasteiger partial charge in [0, 0.05) is 0 Å². The summed E-state index contributed by atoms with van der Waals surface area (Å²) in [6.45, 7) is 2.90. The molecule has 0 radical (unpaired) electrons. The van der Waals surface area contributed by atoms with Crippen molar-refractivity contribution in [2.45, 2.75) is 229 Å². The minimum atomic E-state index is -8.77. The molecule has 0 atom stereocenters. The quantitative estimate of drug-likeness (QED) is 0.0355. The van der Waals surface area contributed by atoms with Crippen LogP contribution >= 0.6 is 6.83 Å². The van der Waals surface area contributed by atoms with Gasteiger partial charge in [0.2, 0.25) is 0 Å². The molecule has 0 spiro atoms. The van der Waals surface area contributed by atoms with Crippen LogP contribution in [0.5, 0.6) is 0 Å². The molecule has 2 nitrogen and oxygen atoms in total. The van der Waals surface area contributed by atoms with Gasteiger partial charge in [-0.25, -0.2) is 0 Å². The molecule has 0 bridgehead atoms.